The first kappa shape index (κ1) is 9.40. The summed E-state index contributed by atoms with van der Waals surface area (Å²) >= 11 is 2.96. The minimum atomic E-state index is -3.22. The van der Waals surface area contributed by atoms with Gasteiger partial charge < -0.3 is 0 Å². The molecule has 0 spiro atoms. The zero-order valence-corrected chi connectivity index (χ0v) is 9.44. The van der Waals surface area contributed by atoms with E-state index in [4.69, 9.17) is 0 Å². The highest BCUT2D eigenvalue weighted by atomic mass is 79.9. The van der Waals surface area contributed by atoms with Gasteiger partial charge in [0.2, 0.25) is 13.8 Å². The Balaban J connectivity index is 2.29. The maximum atomic E-state index is 11.6. The maximum absolute atomic E-state index is 11.6. The molecule has 5 heteroatoms. The fourth-order valence-electron chi connectivity index (χ4n) is 1.89. The van der Waals surface area contributed by atoms with Crippen molar-refractivity contribution in [1.29, 1.82) is 0 Å². The lowest BCUT2D eigenvalue weighted by Crippen LogP contribution is -2.12. The summed E-state index contributed by atoms with van der Waals surface area (Å²) in [6, 6.07) is 0. The summed E-state index contributed by atoms with van der Waals surface area (Å²) in [7, 11) is -3.22. The van der Waals surface area contributed by atoms with E-state index in [2.05, 4.69) is 20.9 Å². The van der Waals surface area contributed by atoms with Gasteiger partial charge in [0.05, 0.1) is 4.91 Å². The van der Waals surface area contributed by atoms with Crippen molar-refractivity contribution in [1.82, 2.24) is 0 Å². The normalized spacial score (nSPS) is 27.5. The van der Waals surface area contributed by atoms with Gasteiger partial charge >= 0.3 is 0 Å². The summed E-state index contributed by atoms with van der Waals surface area (Å²) in [4.78, 5) is 4.31. The van der Waals surface area contributed by atoms with Gasteiger partial charge in [0, 0.05) is 6.20 Å². The van der Waals surface area contributed by atoms with Gasteiger partial charge in [-0.15, -0.1) is 0 Å². The van der Waals surface area contributed by atoms with Crippen LogP contribution in [0.4, 0.5) is 0 Å². The number of halogens is 1. The standard InChI is InChI=1S/C8H10BrNO2S/c9-8-10-5-7(13(8,11)12)6-3-1-2-4-6/h5-6H,1-4H2. The first-order valence-electron chi connectivity index (χ1n) is 4.31. The number of sulfone groups is 1. The largest absolute Gasteiger partial charge is 0.236 e. The molecule has 2 rings (SSSR count). The lowest BCUT2D eigenvalue weighted by Gasteiger charge is -2.08. The highest BCUT2D eigenvalue weighted by molar-refractivity contribution is 9.21. The third-order valence-corrected chi connectivity index (χ3v) is 5.67. The van der Waals surface area contributed by atoms with E-state index in [-0.39, 0.29) is 9.87 Å². The van der Waals surface area contributed by atoms with Gasteiger partial charge in [-0.1, -0.05) is 12.8 Å². The predicted octanol–water partition coefficient (Wildman–Crippen LogP) is 2.20. The molecule has 1 aliphatic carbocycles. The Morgan fingerprint density at radius 3 is 2.46 bits per heavy atom. The Bertz CT molecular complexity index is 377. The summed E-state index contributed by atoms with van der Waals surface area (Å²) < 4.78 is 23.3. The van der Waals surface area contributed by atoms with Crippen LogP contribution in [0.25, 0.3) is 0 Å². The van der Waals surface area contributed by atoms with Gasteiger partial charge in [-0.3, -0.25) is 0 Å². The lowest BCUT2D eigenvalue weighted by molar-refractivity contribution is 0.596. The van der Waals surface area contributed by atoms with Crippen molar-refractivity contribution in [3.05, 3.63) is 11.1 Å². The molecule has 0 aromatic rings. The van der Waals surface area contributed by atoms with Gasteiger partial charge in [-0.2, -0.15) is 0 Å². The zero-order valence-electron chi connectivity index (χ0n) is 7.03. The number of hydrogen-bond donors (Lipinski definition) is 0. The van der Waals surface area contributed by atoms with E-state index in [0.29, 0.717) is 4.91 Å². The highest BCUT2D eigenvalue weighted by Gasteiger charge is 2.34. The summed E-state index contributed by atoms with van der Waals surface area (Å²) in [6.45, 7) is 0. The SMILES string of the molecule is O=S1(=O)C(C2CCCC2)=CN=C1Br. The van der Waals surface area contributed by atoms with Crippen LogP contribution < -0.4 is 0 Å². The number of allylic oxidation sites excluding steroid dienone is 1. The molecule has 0 saturated heterocycles. The third-order valence-electron chi connectivity index (χ3n) is 2.58. The molecule has 0 atom stereocenters. The molecule has 0 radical (unpaired) electrons. The van der Waals surface area contributed by atoms with Crippen molar-refractivity contribution in [2.24, 2.45) is 10.9 Å². The smallest absolute Gasteiger partial charge is 0.228 e. The summed E-state index contributed by atoms with van der Waals surface area (Å²) in [5.41, 5.74) is 0. The molecule has 2 aliphatic rings. The Morgan fingerprint density at radius 1 is 1.38 bits per heavy atom. The lowest BCUT2D eigenvalue weighted by atomic mass is 10.1. The number of aliphatic imine (C=N–C) groups is 1. The van der Waals surface area contributed by atoms with Crippen molar-refractivity contribution in [3.63, 3.8) is 0 Å². The van der Waals surface area contributed by atoms with Crippen molar-refractivity contribution < 1.29 is 8.42 Å². The fraction of sp³-hybridized carbons (Fsp3) is 0.625. The molecule has 0 bridgehead atoms. The second-order valence-corrected chi connectivity index (χ2v) is 6.54. The van der Waals surface area contributed by atoms with Crippen LogP contribution in [0.5, 0.6) is 0 Å². The van der Waals surface area contributed by atoms with E-state index < -0.39 is 9.84 Å². The molecule has 1 fully saturated rings. The average molecular weight is 264 g/mol. The Morgan fingerprint density at radius 2 is 2.00 bits per heavy atom. The molecule has 1 saturated carbocycles. The molecule has 1 heterocycles. The third kappa shape index (κ3) is 1.48. The molecule has 3 nitrogen and oxygen atoms in total. The van der Waals surface area contributed by atoms with Gasteiger partial charge in [0.1, 0.15) is 0 Å². The van der Waals surface area contributed by atoms with Crippen LogP contribution in [0.15, 0.2) is 16.1 Å². The topological polar surface area (TPSA) is 46.5 Å². The fourth-order valence-corrected chi connectivity index (χ4v) is 3.80. The van der Waals surface area contributed by atoms with Crippen LogP contribution in [0.1, 0.15) is 25.7 Å². The van der Waals surface area contributed by atoms with Crippen molar-refractivity contribution in [2.75, 3.05) is 0 Å². The van der Waals surface area contributed by atoms with Crippen molar-refractivity contribution in [2.45, 2.75) is 25.7 Å². The summed E-state index contributed by atoms with van der Waals surface area (Å²) in [5.74, 6) is 0.212. The van der Waals surface area contributed by atoms with E-state index in [0.717, 1.165) is 25.7 Å². The number of rotatable bonds is 1. The summed E-state index contributed by atoms with van der Waals surface area (Å²) in [6.07, 6.45) is 5.74. The molecular weight excluding hydrogens is 254 g/mol. The second-order valence-electron chi connectivity index (χ2n) is 3.40. The van der Waals surface area contributed by atoms with Gasteiger partial charge in [0.15, 0.2) is 0 Å². The molecule has 0 N–H and O–H groups in total. The molecule has 0 aromatic carbocycles. The minimum Gasteiger partial charge on any atom is -0.236 e. The van der Waals surface area contributed by atoms with Crippen LogP contribution in [0.2, 0.25) is 0 Å². The second kappa shape index (κ2) is 3.20. The van der Waals surface area contributed by atoms with E-state index >= 15 is 0 Å². The maximum Gasteiger partial charge on any atom is 0.228 e. The first-order chi connectivity index (χ1) is 6.12. The van der Waals surface area contributed by atoms with E-state index in [1.165, 1.54) is 6.20 Å². The molecular formula is C8H10BrNO2S. The van der Waals surface area contributed by atoms with Crippen LogP contribution in [0.3, 0.4) is 0 Å². The van der Waals surface area contributed by atoms with Crippen LogP contribution in [0, 0.1) is 5.92 Å². The molecule has 0 unspecified atom stereocenters. The predicted molar refractivity (Wildman–Crippen MR) is 55.3 cm³/mol. The number of nitrogens with zero attached hydrogens (tertiary/aromatic N) is 1. The minimum absolute atomic E-state index is 0.0712. The van der Waals surface area contributed by atoms with Crippen LogP contribution >= 0.6 is 15.9 Å². The molecule has 0 amide bonds. The van der Waals surface area contributed by atoms with E-state index in [1.807, 2.05) is 0 Å². The van der Waals surface area contributed by atoms with Gasteiger partial charge in [-0.25, -0.2) is 13.4 Å². The van der Waals surface area contributed by atoms with Gasteiger partial charge in [-0.05, 0) is 34.7 Å². The van der Waals surface area contributed by atoms with E-state index in [9.17, 15) is 8.42 Å². The Hall–Kier alpha value is -0.160. The van der Waals surface area contributed by atoms with Crippen molar-refractivity contribution in [3.8, 4) is 0 Å². The molecule has 0 aromatic heterocycles. The molecule has 13 heavy (non-hydrogen) atoms. The zero-order chi connectivity index (χ0) is 9.47. The highest BCUT2D eigenvalue weighted by Crippen LogP contribution is 2.37. The van der Waals surface area contributed by atoms with Crippen LogP contribution in [-0.4, -0.2) is 12.4 Å². The Kier molecular flexibility index (Phi) is 2.32. The monoisotopic (exact) mass is 263 g/mol. The quantitative estimate of drug-likeness (QED) is 0.728. The number of hydrogen-bond acceptors (Lipinski definition) is 3. The molecule has 1 aliphatic heterocycles. The van der Waals surface area contributed by atoms with E-state index in [1.54, 1.807) is 0 Å². The van der Waals surface area contributed by atoms with Crippen molar-refractivity contribution >= 4 is 29.7 Å². The molecule has 72 valence electrons. The van der Waals surface area contributed by atoms with Gasteiger partial charge in [0.25, 0.3) is 0 Å². The first-order valence-corrected chi connectivity index (χ1v) is 6.58. The Labute approximate surface area is 86.0 Å². The average Bonchev–Trinajstić information content (AvgIpc) is 2.62. The summed E-state index contributed by atoms with van der Waals surface area (Å²) in [5, 5.41) is 0. The van der Waals surface area contributed by atoms with Crippen LogP contribution in [-0.2, 0) is 9.84 Å².